The van der Waals surface area contributed by atoms with E-state index >= 15 is 0 Å². The van der Waals surface area contributed by atoms with Crippen LogP contribution in [0.15, 0.2) is 20.9 Å². The number of hydrogen-bond donors (Lipinski definition) is 1. The van der Waals surface area contributed by atoms with E-state index in [-0.39, 0.29) is 5.56 Å². The Morgan fingerprint density at radius 3 is 2.81 bits per heavy atom. The quantitative estimate of drug-likeness (QED) is 0.608. The van der Waals surface area contributed by atoms with Crippen molar-refractivity contribution in [2.24, 2.45) is 0 Å². The number of rotatable bonds is 5. The minimum atomic E-state index is -0.954. The van der Waals surface area contributed by atoms with Gasteiger partial charge in [-0.25, -0.2) is 14.8 Å². The summed E-state index contributed by atoms with van der Waals surface area (Å²) < 4.78 is 1.08. The molecule has 0 aliphatic heterocycles. The van der Waals surface area contributed by atoms with Gasteiger partial charge in [0, 0.05) is 16.5 Å². The third-order valence-electron chi connectivity index (χ3n) is 3.21. The molecule has 0 radical (unpaired) electrons. The van der Waals surface area contributed by atoms with Gasteiger partial charge >= 0.3 is 5.97 Å². The second kappa shape index (κ2) is 6.06. The average Bonchev–Trinajstić information content (AvgIpc) is 3.18. The first-order chi connectivity index (χ1) is 10.0. The molecule has 0 spiro atoms. The Morgan fingerprint density at radius 2 is 2.24 bits per heavy atom. The normalized spacial score (nSPS) is 14.4. The van der Waals surface area contributed by atoms with E-state index in [2.05, 4.69) is 25.9 Å². The molecule has 1 aliphatic rings. The Bertz CT molecular complexity index is 698. The Morgan fingerprint density at radius 1 is 1.48 bits per heavy atom. The molecule has 0 atom stereocenters. The maximum Gasteiger partial charge on any atom is 0.340 e. The Kier molecular flexibility index (Phi) is 4.33. The zero-order valence-corrected chi connectivity index (χ0v) is 14.5. The summed E-state index contributed by atoms with van der Waals surface area (Å²) in [6, 6.07) is 4.04. The first kappa shape index (κ1) is 15.0. The van der Waals surface area contributed by atoms with Crippen LogP contribution in [0.2, 0.25) is 0 Å². The van der Waals surface area contributed by atoms with Gasteiger partial charge in [0.15, 0.2) is 0 Å². The molecule has 0 amide bonds. The topological polar surface area (TPSA) is 63.1 Å². The Balaban J connectivity index is 1.88. The summed E-state index contributed by atoms with van der Waals surface area (Å²) in [6.07, 6.45) is 2.21. The summed E-state index contributed by atoms with van der Waals surface area (Å²) in [7, 11) is 0. The van der Waals surface area contributed by atoms with Gasteiger partial charge in [0.1, 0.15) is 16.4 Å². The highest BCUT2D eigenvalue weighted by Crippen LogP contribution is 2.40. The Labute approximate surface area is 139 Å². The van der Waals surface area contributed by atoms with Gasteiger partial charge in [-0.1, -0.05) is 11.8 Å². The van der Waals surface area contributed by atoms with E-state index in [4.69, 9.17) is 0 Å². The lowest BCUT2D eigenvalue weighted by molar-refractivity contribution is 0.0690. The molecule has 110 valence electrons. The molecule has 1 N–H and O–H groups in total. The summed E-state index contributed by atoms with van der Waals surface area (Å²) in [5, 5.41) is 9.98. The third kappa shape index (κ3) is 3.46. The number of carboxylic acids is 1. The number of aromatic carboxylic acids is 1. The largest absolute Gasteiger partial charge is 0.478 e. The van der Waals surface area contributed by atoms with E-state index < -0.39 is 5.97 Å². The van der Waals surface area contributed by atoms with Crippen LogP contribution < -0.4 is 0 Å². The summed E-state index contributed by atoms with van der Waals surface area (Å²) >= 11 is 6.56. The van der Waals surface area contributed by atoms with Gasteiger partial charge in [-0.2, -0.15) is 0 Å². The maximum absolute atomic E-state index is 11.5. The molecule has 2 aromatic heterocycles. The van der Waals surface area contributed by atoms with Gasteiger partial charge in [-0.05, 0) is 47.8 Å². The van der Waals surface area contributed by atoms with E-state index in [1.54, 1.807) is 18.3 Å². The lowest BCUT2D eigenvalue weighted by atomic mass is 10.2. The van der Waals surface area contributed by atoms with Gasteiger partial charge in [0.2, 0.25) is 0 Å². The molecule has 1 fully saturated rings. The van der Waals surface area contributed by atoms with Gasteiger partial charge in [0.05, 0.1) is 9.48 Å². The molecule has 4 nitrogen and oxygen atoms in total. The van der Waals surface area contributed by atoms with E-state index in [0.29, 0.717) is 16.6 Å². The molecular formula is C14H13BrN2O2S2. The van der Waals surface area contributed by atoms with Crippen molar-refractivity contribution < 1.29 is 9.90 Å². The van der Waals surface area contributed by atoms with E-state index in [9.17, 15) is 9.90 Å². The molecule has 1 saturated carbocycles. The first-order valence-corrected chi connectivity index (χ1v) is 9.13. The van der Waals surface area contributed by atoms with Crippen LogP contribution in [0.5, 0.6) is 0 Å². The van der Waals surface area contributed by atoms with Crippen LogP contribution >= 0.6 is 39.0 Å². The van der Waals surface area contributed by atoms with Gasteiger partial charge in [-0.3, -0.25) is 0 Å². The lowest BCUT2D eigenvalue weighted by Gasteiger charge is -2.09. The number of hydrogen-bond acceptors (Lipinski definition) is 5. The number of carbonyl (C=O) groups is 1. The van der Waals surface area contributed by atoms with Crippen molar-refractivity contribution in [1.82, 2.24) is 9.97 Å². The smallest absolute Gasteiger partial charge is 0.340 e. The minimum absolute atomic E-state index is 0.236. The van der Waals surface area contributed by atoms with E-state index in [0.717, 1.165) is 28.2 Å². The fourth-order valence-electron chi connectivity index (χ4n) is 2.01. The second-order valence-electron chi connectivity index (χ2n) is 4.92. The predicted molar refractivity (Wildman–Crippen MR) is 87.3 cm³/mol. The van der Waals surface area contributed by atoms with Crippen molar-refractivity contribution in [1.29, 1.82) is 0 Å². The molecule has 2 heterocycles. The number of aryl methyl sites for hydroxylation is 1. The van der Waals surface area contributed by atoms with Crippen LogP contribution in [-0.4, -0.2) is 21.0 Å². The van der Waals surface area contributed by atoms with E-state index in [1.165, 1.54) is 16.6 Å². The number of nitrogens with zero attached hydrogens (tertiary/aromatic N) is 2. The molecule has 1 aliphatic carbocycles. The van der Waals surface area contributed by atoms with Crippen LogP contribution in [0.4, 0.5) is 0 Å². The maximum atomic E-state index is 11.5. The summed E-state index contributed by atoms with van der Waals surface area (Å²) in [5.41, 5.74) is 0.800. The monoisotopic (exact) mass is 384 g/mol. The van der Waals surface area contributed by atoms with Gasteiger partial charge in [0.25, 0.3) is 0 Å². The predicted octanol–water partition coefficient (Wildman–Crippen LogP) is 4.48. The number of thiophene rings is 1. The zero-order chi connectivity index (χ0) is 15.0. The molecular weight excluding hydrogens is 372 g/mol. The van der Waals surface area contributed by atoms with Crippen LogP contribution in [0.3, 0.4) is 0 Å². The molecule has 0 saturated heterocycles. The zero-order valence-electron chi connectivity index (χ0n) is 11.3. The second-order valence-corrected chi connectivity index (χ2v) is 8.43. The number of aromatic nitrogens is 2. The van der Waals surface area contributed by atoms with Crippen molar-refractivity contribution in [2.45, 2.75) is 36.5 Å². The molecule has 2 aromatic rings. The lowest BCUT2D eigenvalue weighted by Crippen LogP contribution is -2.09. The standard InChI is InChI=1S/C14H13BrN2O2S2/c1-7-11(14(18)19)13(17-12(16-7)8-2-3-8)20-6-9-4-5-10(15)21-9/h4-5,8H,2-3,6H2,1H3,(H,18,19). The summed E-state index contributed by atoms with van der Waals surface area (Å²) in [5.74, 6) is 0.982. The third-order valence-corrected chi connectivity index (χ3v) is 6.04. The molecule has 0 unspecified atom stereocenters. The fourth-order valence-corrected chi connectivity index (χ4v) is 4.61. The molecule has 0 aromatic carbocycles. The van der Waals surface area contributed by atoms with Crippen molar-refractivity contribution in [2.75, 3.05) is 0 Å². The molecule has 0 bridgehead atoms. The van der Waals surface area contributed by atoms with E-state index in [1.807, 2.05) is 12.1 Å². The van der Waals surface area contributed by atoms with Crippen LogP contribution in [0.25, 0.3) is 0 Å². The highest BCUT2D eigenvalue weighted by atomic mass is 79.9. The van der Waals surface area contributed by atoms with Crippen LogP contribution in [0, 0.1) is 6.92 Å². The SMILES string of the molecule is Cc1nc(C2CC2)nc(SCc2ccc(Br)s2)c1C(=O)O. The number of halogens is 1. The van der Waals surface area contributed by atoms with Crippen LogP contribution in [-0.2, 0) is 5.75 Å². The average molecular weight is 385 g/mol. The Hall–Kier alpha value is -0.920. The van der Waals surface area contributed by atoms with Gasteiger partial charge in [-0.15, -0.1) is 11.3 Å². The summed E-state index contributed by atoms with van der Waals surface area (Å²) in [4.78, 5) is 21.5. The molecule has 21 heavy (non-hydrogen) atoms. The highest BCUT2D eigenvalue weighted by Gasteiger charge is 2.29. The summed E-state index contributed by atoms with van der Waals surface area (Å²) in [6.45, 7) is 1.75. The van der Waals surface area contributed by atoms with Crippen molar-refractivity contribution >= 4 is 45.0 Å². The highest BCUT2D eigenvalue weighted by molar-refractivity contribution is 9.11. The fraction of sp³-hybridized carbons (Fsp3) is 0.357. The molecule has 3 rings (SSSR count). The van der Waals surface area contributed by atoms with Crippen LogP contribution in [0.1, 0.15) is 45.5 Å². The molecule has 7 heteroatoms. The van der Waals surface area contributed by atoms with Gasteiger partial charge < -0.3 is 5.11 Å². The van der Waals surface area contributed by atoms with Crippen molar-refractivity contribution in [3.05, 3.63) is 37.9 Å². The first-order valence-electron chi connectivity index (χ1n) is 6.53. The number of carboxylic acid groups (broad SMARTS) is 1. The van der Waals surface area contributed by atoms with Crippen molar-refractivity contribution in [3.8, 4) is 0 Å². The van der Waals surface area contributed by atoms with Crippen molar-refractivity contribution in [3.63, 3.8) is 0 Å². The minimum Gasteiger partial charge on any atom is -0.478 e. The number of thioether (sulfide) groups is 1.